The molecule has 0 atom stereocenters. The van der Waals surface area contributed by atoms with Crippen molar-refractivity contribution in [3.05, 3.63) is 66.3 Å². The largest absolute Gasteiger partial charge is 0.445 e. The van der Waals surface area contributed by atoms with E-state index < -0.39 is 0 Å². The SMILES string of the molecule is Cc1oc(C(C)C)nc1-c1nc(-c2cccnc2)nn1-c1ccc(F)cc1. The molecule has 0 saturated carbocycles. The van der Waals surface area contributed by atoms with Crippen LogP contribution in [0.5, 0.6) is 0 Å². The van der Waals surface area contributed by atoms with Crippen LogP contribution in [0.1, 0.15) is 31.4 Å². The van der Waals surface area contributed by atoms with Crippen LogP contribution in [0.25, 0.3) is 28.6 Å². The van der Waals surface area contributed by atoms with Crippen LogP contribution in [0.2, 0.25) is 0 Å². The van der Waals surface area contributed by atoms with Crippen molar-refractivity contribution >= 4 is 0 Å². The van der Waals surface area contributed by atoms with Gasteiger partial charge in [0, 0.05) is 23.9 Å². The maximum absolute atomic E-state index is 13.4. The second-order valence-electron chi connectivity index (χ2n) is 6.50. The van der Waals surface area contributed by atoms with Gasteiger partial charge in [0.15, 0.2) is 17.5 Å². The summed E-state index contributed by atoms with van der Waals surface area (Å²) in [7, 11) is 0. The van der Waals surface area contributed by atoms with E-state index in [2.05, 4.69) is 20.1 Å². The Bertz CT molecular complexity index is 1070. The number of nitrogens with zero attached hydrogens (tertiary/aromatic N) is 5. The maximum Gasteiger partial charge on any atom is 0.197 e. The fraction of sp³-hybridized carbons (Fsp3) is 0.200. The number of oxazole rings is 1. The van der Waals surface area contributed by atoms with Crippen molar-refractivity contribution in [2.75, 3.05) is 0 Å². The zero-order valence-corrected chi connectivity index (χ0v) is 15.2. The number of benzene rings is 1. The Labute approximate surface area is 155 Å². The van der Waals surface area contributed by atoms with E-state index >= 15 is 0 Å². The second-order valence-corrected chi connectivity index (χ2v) is 6.50. The van der Waals surface area contributed by atoms with Gasteiger partial charge < -0.3 is 4.42 Å². The predicted molar refractivity (Wildman–Crippen MR) is 98.9 cm³/mol. The van der Waals surface area contributed by atoms with Crippen molar-refractivity contribution in [2.24, 2.45) is 0 Å². The Morgan fingerprint density at radius 1 is 1.07 bits per heavy atom. The highest BCUT2D eigenvalue weighted by Gasteiger charge is 2.22. The van der Waals surface area contributed by atoms with Gasteiger partial charge in [0.25, 0.3) is 0 Å². The quantitative estimate of drug-likeness (QED) is 0.532. The lowest BCUT2D eigenvalue weighted by atomic mass is 10.2. The molecule has 0 saturated heterocycles. The highest BCUT2D eigenvalue weighted by molar-refractivity contribution is 5.62. The van der Waals surface area contributed by atoms with Gasteiger partial charge in [0.1, 0.15) is 17.3 Å². The molecule has 27 heavy (non-hydrogen) atoms. The number of hydrogen-bond acceptors (Lipinski definition) is 5. The predicted octanol–water partition coefficient (Wildman–Crippen LogP) is 4.56. The molecule has 1 aromatic carbocycles. The molecule has 6 nitrogen and oxygen atoms in total. The Hall–Kier alpha value is -3.35. The Morgan fingerprint density at radius 2 is 1.85 bits per heavy atom. The molecule has 0 amide bonds. The summed E-state index contributed by atoms with van der Waals surface area (Å²) in [6.45, 7) is 5.88. The van der Waals surface area contributed by atoms with Crippen molar-refractivity contribution in [3.8, 4) is 28.6 Å². The van der Waals surface area contributed by atoms with Gasteiger partial charge in [0.2, 0.25) is 0 Å². The molecule has 0 fully saturated rings. The molecule has 4 aromatic rings. The number of aryl methyl sites for hydroxylation is 1. The molecule has 0 bridgehead atoms. The number of aromatic nitrogens is 5. The summed E-state index contributed by atoms with van der Waals surface area (Å²) in [6.07, 6.45) is 3.39. The van der Waals surface area contributed by atoms with E-state index in [-0.39, 0.29) is 11.7 Å². The van der Waals surface area contributed by atoms with E-state index in [9.17, 15) is 4.39 Å². The van der Waals surface area contributed by atoms with Crippen LogP contribution in [0, 0.1) is 12.7 Å². The average molecular weight is 363 g/mol. The van der Waals surface area contributed by atoms with Crippen molar-refractivity contribution in [2.45, 2.75) is 26.7 Å². The van der Waals surface area contributed by atoms with Gasteiger partial charge in [0.05, 0.1) is 5.69 Å². The van der Waals surface area contributed by atoms with Crippen LogP contribution in [0.15, 0.2) is 53.2 Å². The highest BCUT2D eigenvalue weighted by atomic mass is 19.1. The first-order chi connectivity index (χ1) is 13.0. The zero-order valence-electron chi connectivity index (χ0n) is 15.2. The number of pyridine rings is 1. The molecular weight excluding hydrogens is 345 g/mol. The van der Waals surface area contributed by atoms with Crippen LogP contribution in [-0.4, -0.2) is 24.7 Å². The third kappa shape index (κ3) is 3.23. The normalized spacial score (nSPS) is 11.3. The molecule has 0 N–H and O–H groups in total. The smallest absolute Gasteiger partial charge is 0.197 e. The standard InChI is InChI=1S/C20H18FN5O/c1-12(2)20-23-17(13(3)27-20)19-24-18(14-5-4-10-22-11-14)25-26(19)16-8-6-15(21)7-9-16/h4-12H,1-3H3. The molecule has 0 aliphatic rings. The van der Waals surface area contributed by atoms with Gasteiger partial charge in [-0.3, -0.25) is 4.98 Å². The zero-order chi connectivity index (χ0) is 19.0. The monoisotopic (exact) mass is 363 g/mol. The van der Waals surface area contributed by atoms with Crippen molar-refractivity contribution < 1.29 is 8.81 Å². The molecular formula is C20H18FN5O. The minimum atomic E-state index is -0.312. The van der Waals surface area contributed by atoms with Gasteiger partial charge in [-0.25, -0.2) is 19.0 Å². The van der Waals surface area contributed by atoms with Crippen molar-refractivity contribution in [1.29, 1.82) is 0 Å². The minimum Gasteiger partial charge on any atom is -0.445 e. The fourth-order valence-electron chi connectivity index (χ4n) is 2.72. The summed E-state index contributed by atoms with van der Waals surface area (Å²) in [4.78, 5) is 13.4. The second kappa shape index (κ2) is 6.75. The van der Waals surface area contributed by atoms with Gasteiger partial charge in [-0.1, -0.05) is 13.8 Å². The van der Waals surface area contributed by atoms with Crippen LogP contribution in [0.3, 0.4) is 0 Å². The van der Waals surface area contributed by atoms with E-state index in [4.69, 9.17) is 4.42 Å². The Balaban J connectivity index is 1.91. The number of rotatable bonds is 4. The summed E-state index contributed by atoms with van der Waals surface area (Å²) < 4.78 is 20.8. The molecule has 0 unspecified atom stereocenters. The van der Waals surface area contributed by atoms with Gasteiger partial charge in [-0.05, 0) is 43.3 Å². The molecule has 3 heterocycles. The van der Waals surface area contributed by atoms with Gasteiger partial charge in [-0.15, -0.1) is 5.10 Å². The van der Waals surface area contributed by atoms with E-state index in [0.717, 1.165) is 5.56 Å². The summed E-state index contributed by atoms with van der Waals surface area (Å²) in [5, 5.41) is 4.61. The van der Waals surface area contributed by atoms with Gasteiger partial charge in [-0.2, -0.15) is 0 Å². The molecule has 0 aliphatic heterocycles. The lowest BCUT2D eigenvalue weighted by Crippen LogP contribution is -2.01. The highest BCUT2D eigenvalue weighted by Crippen LogP contribution is 2.29. The molecule has 3 aromatic heterocycles. The summed E-state index contributed by atoms with van der Waals surface area (Å²) in [5.74, 6) is 2.18. The first-order valence-electron chi connectivity index (χ1n) is 8.64. The third-order valence-corrected chi connectivity index (χ3v) is 4.12. The minimum absolute atomic E-state index is 0.150. The molecule has 0 radical (unpaired) electrons. The Morgan fingerprint density at radius 3 is 2.48 bits per heavy atom. The van der Waals surface area contributed by atoms with E-state index in [1.54, 1.807) is 29.2 Å². The van der Waals surface area contributed by atoms with E-state index in [1.807, 2.05) is 32.9 Å². The fourth-order valence-corrected chi connectivity index (χ4v) is 2.72. The first kappa shape index (κ1) is 17.1. The topological polar surface area (TPSA) is 69.6 Å². The Kier molecular flexibility index (Phi) is 4.27. The first-order valence-corrected chi connectivity index (χ1v) is 8.64. The molecule has 136 valence electrons. The molecule has 7 heteroatoms. The lowest BCUT2D eigenvalue weighted by molar-refractivity contribution is 0.450. The van der Waals surface area contributed by atoms with Crippen LogP contribution in [0.4, 0.5) is 4.39 Å². The van der Waals surface area contributed by atoms with Crippen LogP contribution >= 0.6 is 0 Å². The number of hydrogen-bond donors (Lipinski definition) is 0. The summed E-state index contributed by atoms with van der Waals surface area (Å²) in [5.41, 5.74) is 2.08. The third-order valence-electron chi connectivity index (χ3n) is 4.12. The van der Waals surface area contributed by atoms with E-state index in [1.165, 1.54) is 12.1 Å². The van der Waals surface area contributed by atoms with Crippen LogP contribution in [-0.2, 0) is 0 Å². The summed E-state index contributed by atoms with van der Waals surface area (Å²) in [6, 6.07) is 9.79. The average Bonchev–Trinajstić information content (AvgIpc) is 3.27. The van der Waals surface area contributed by atoms with E-state index in [0.29, 0.717) is 34.7 Å². The lowest BCUT2D eigenvalue weighted by Gasteiger charge is -2.04. The molecule has 0 aliphatic carbocycles. The molecule has 0 spiro atoms. The van der Waals surface area contributed by atoms with Crippen molar-refractivity contribution in [1.82, 2.24) is 24.7 Å². The maximum atomic E-state index is 13.4. The van der Waals surface area contributed by atoms with Gasteiger partial charge >= 0.3 is 0 Å². The van der Waals surface area contributed by atoms with Crippen molar-refractivity contribution in [3.63, 3.8) is 0 Å². The van der Waals surface area contributed by atoms with Crippen LogP contribution < -0.4 is 0 Å². The number of halogens is 1. The molecule has 4 rings (SSSR count). The summed E-state index contributed by atoms with van der Waals surface area (Å²) >= 11 is 0.